The summed E-state index contributed by atoms with van der Waals surface area (Å²) in [5.41, 5.74) is 5.22. The Morgan fingerprint density at radius 1 is 1.73 bits per heavy atom. The number of ketones is 1. The summed E-state index contributed by atoms with van der Waals surface area (Å²) in [6.07, 6.45) is 1.03. The molecule has 2 N–H and O–H groups in total. The largest absolute Gasteiger partial charge is 0.379 e. The average Bonchev–Trinajstić information content (AvgIpc) is 2.78. The lowest BCUT2D eigenvalue weighted by atomic mass is 9.92. The average molecular weight is 290 g/mol. The van der Waals surface area contributed by atoms with E-state index in [2.05, 4.69) is 15.9 Å². The van der Waals surface area contributed by atoms with Crippen LogP contribution in [-0.2, 0) is 16.0 Å². The molecule has 3 nitrogen and oxygen atoms in total. The normalized spacial score (nSPS) is 25.7. The van der Waals surface area contributed by atoms with Gasteiger partial charge in [-0.1, -0.05) is 0 Å². The lowest BCUT2D eigenvalue weighted by Gasteiger charge is -2.19. The highest BCUT2D eigenvalue weighted by atomic mass is 79.9. The SMILES string of the molecule is NC1(C(=O)Cc2sccc2Br)CCOC1. The van der Waals surface area contributed by atoms with Gasteiger partial charge >= 0.3 is 0 Å². The van der Waals surface area contributed by atoms with E-state index in [1.165, 1.54) is 0 Å². The van der Waals surface area contributed by atoms with Crippen LogP contribution in [0.25, 0.3) is 0 Å². The fourth-order valence-corrected chi connectivity index (χ4v) is 3.06. The molecule has 0 amide bonds. The van der Waals surface area contributed by atoms with E-state index in [0.29, 0.717) is 26.1 Å². The second-order valence-electron chi connectivity index (χ2n) is 3.75. The second kappa shape index (κ2) is 4.33. The Labute approximate surface area is 101 Å². The summed E-state index contributed by atoms with van der Waals surface area (Å²) in [6.45, 7) is 0.947. The Morgan fingerprint density at radius 2 is 2.53 bits per heavy atom. The van der Waals surface area contributed by atoms with Crippen LogP contribution in [0.2, 0.25) is 0 Å². The zero-order chi connectivity index (χ0) is 10.9. The highest BCUT2D eigenvalue weighted by Crippen LogP contribution is 2.26. The van der Waals surface area contributed by atoms with Gasteiger partial charge in [0.05, 0.1) is 6.61 Å². The minimum absolute atomic E-state index is 0.0724. The molecular weight excluding hydrogens is 278 g/mol. The first-order valence-electron chi connectivity index (χ1n) is 4.74. The topological polar surface area (TPSA) is 52.3 Å². The quantitative estimate of drug-likeness (QED) is 0.922. The molecule has 1 fully saturated rings. The van der Waals surface area contributed by atoms with Gasteiger partial charge in [0.2, 0.25) is 0 Å². The number of halogens is 1. The number of rotatable bonds is 3. The molecule has 2 heterocycles. The molecule has 0 radical (unpaired) electrons. The summed E-state index contributed by atoms with van der Waals surface area (Å²) in [6, 6.07) is 1.95. The van der Waals surface area contributed by atoms with Crippen molar-refractivity contribution in [1.82, 2.24) is 0 Å². The smallest absolute Gasteiger partial charge is 0.160 e. The van der Waals surface area contributed by atoms with Crippen LogP contribution in [0.3, 0.4) is 0 Å². The van der Waals surface area contributed by atoms with Gasteiger partial charge in [-0.25, -0.2) is 0 Å². The van der Waals surface area contributed by atoms with E-state index in [4.69, 9.17) is 10.5 Å². The van der Waals surface area contributed by atoms with Crippen LogP contribution in [0.4, 0.5) is 0 Å². The zero-order valence-corrected chi connectivity index (χ0v) is 10.6. The molecule has 0 aliphatic carbocycles. The van der Waals surface area contributed by atoms with Crippen LogP contribution >= 0.6 is 27.3 Å². The number of ether oxygens (including phenoxy) is 1. The van der Waals surface area contributed by atoms with Crippen LogP contribution in [-0.4, -0.2) is 24.5 Å². The third-order valence-corrected chi connectivity index (χ3v) is 4.55. The Bertz CT molecular complexity index is 371. The highest BCUT2D eigenvalue weighted by Gasteiger charge is 2.37. The molecular formula is C10H12BrNO2S. The lowest BCUT2D eigenvalue weighted by molar-refractivity contribution is -0.123. The summed E-state index contributed by atoms with van der Waals surface area (Å²) in [5.74, 6) is 0.0724. The van der Waals surface area contributed by atoms with Crippen molar-refractivity contribution in [2.24, 2.45) is 5.73 Å². The Balaban J connectivity index is 2.07. The third-order valence-electron chi connectivity index (χ3n) is 2.62. The Kier molecular flexibility index (Phi) is 3.25. The van der Waals surface area contributed by atoms with Gasteiger partial charge in [0, 0.05) is 22.4 Å². The van der Waals surface area contributed by atoms with Crippen LogP contribution in [0, 0.1) is 0 Å². The highest BCUT2D eigenvalue weighted by molar-refractivity contribution is 9.10. The number of hydrogen-bond acceptors (Lipinski definition) is 4. The predicted molar refractivity (Wildman–Crippen MR) is 63.1 cm³/mol. The maximum absolute atomic E-state index is 12.0. The minimum Gasteiger partial charge on any atom is -0.379 e. The first kappa shape index (κ1) is 11.3. The van der Waals surface area contributed by atoms with E-state index in [0.717, 1.165) is 9.35 Å². The van der Waals surface area contributed by atoms with Crippen molar-refractivity contribution in [3.8, 4) is 0 Å². The van der Waals surface area contributed by atoms with Crippen molar-refractivity contribution in [3.63, 3.8) is 0 Å². The number of carbonyl (C=O) groups excluding carboxylic acids is 1. The molecule has 0 bridgehead atoms. The predicted octanol–water partition coefficient (Wildman–Crippen LogP) is 1.74. The summed E-state index contributed by atoms with van der Waals surface area (Å²) in [7, 11) is 0. The Hall–Kier alpha value is -0.230. The maximum Gasteiger partial charge on any atom is 0.160 e. The fraction of sp³-hybridized carbons (Fsp3) is 0.500. The molecule has 0 spiro atoms. The van der Waals surface area contributed by atoms with Crippen molar-refractivity contribution in [2.45, 2.75) is 18.4 Å². The van der Waals surface area contributed by atoms with Crippen LogP contribution in [0.15, 0.2) is 15.9 Å². The van der Waals surface area contributed by atoms with Crippen molar-refractivity contribution >= 4 is 33.0 Å². The van der Waals surface area contributed by atoms with Gasteiger partial charge < -0.3 is 10.5 Å². The number of hydrogen-bond donors (Lipinski definition) is 1. The van der Waals surface area contributed by atoms with Crippen molar-refractivity contribution < 1.29 is 9.53 Å². The first-order chi connectivity index (χ1) is 7.12. The molecule has 1 atom stereocenters. The standard InChI is InChI=1S/C10H12BrNO2S/c11-7-1-4-15-8(7)5-9(13)10(12)2-3-14-6-10/h1,4H,2-3,5-6,12H2. The van der Waals surface area contributed by atoms with Crippen molar-refractivity contribution in [2.75, 3.05) is 13.2 Å². The van der Waals surface area contributed by atoms with Gasteiger partial charge in [-0.2, -0.15) is 0 Å². The van der Waals surface area contributed by atoms with E-state index in [1.807, 2.05) is 11.4 Å². The molecule has 15 heavy (non-hydrogen) atoms. The van der Waals surface area contributed by atoms with E-state index in [9.17, 15) is 4.79 Å². The van der Waals surface area contributed by atoms with Crippen molar-refractivity contribution in [1.29, 1.82) is 0 Å². The van der Waals surface area contributed by atoms with Gasteiger partial charge in [0.1, 0.15) is 5.54 Å². The molecule has 0 aromatic carbocycles. The third kappa shape index (κ3) is 2.30. The van der Waals surface area contributed by atoms with Crippen LogP contribution in [0.1, 0.15) is 11.3 Å². The molecule has 1 unspecified atom stereocenters. The number of carbonyl (C=O) groups is 1. The van der Waals surface area contributed by atoms with Gasteiger partial charge in [0.15, 0.2) is 5.78 Å². The molecule has 5 heteroatoms. The fourth-order valence-electron chi connectivity index (χ4n) is 1.57. The Morgan fingerprint density at radius 3 is 3.07 bits per heavy atom. The molecule has 0 saturated carbocycles. The molecule has 2 rings (SSSR count). The van der Waals surface area contributed by atoms with Crippen LogP contribution < -0.4 is 5.73 Å². The summed E-state index contributed by atoms with van der Waals surface area (Å²) < 4.78 is 6.17. The van der Waals surface area contributed by atoms with Gasteiger partial charge in [-0.05, 0) is 33.8 Å². The number of thiophene rings is 1. The molecule has 1 aliphatic rings. The van der Waals surface area contributed by atoms with E-state index in [1.54, 1.807) is 11.3 Å². The molecule has 1 saturated heterocycles. The second-order valence-corrected chi connectivity index (χ2v) is 5.61. The van der Waals surface area contributed by atoms with Gasteiger partial charge in [-0.15, -0.1) is 11.3 Å². The number of Topliss-reactive ketones (excluding diaryl/α,β-unsaturated/α-hetero) is 1. The lowest BCUT2D eigenvalue weighted by Crippen LogP contribution is -2.49. The molecule has 1 aromatic heterocycles. The summed E-state index contributed by atoms with van der Waals surface area (Å²) >= 11 is 4.98. The van der Waals surface area contributed by atoms with E-state index in [-0.39, 0.29) is 5.78 Å². The molecule has 1 aromatic rings. The zero-order valence-electron chi connectivity index (χ0n) is 8.16. The van der Waals surface area contributed by atoms with E-state index >= 15 is 0 Å². The minimum atomic E-state index is -0.760. The summed E-state index contributed by atoms with van der Waals surface area (Å²) in [4.78, 5) is 13.0. The monoisotopic (exact) mass is 289 g/mol. The van der Waals surface area contributed by atoms with E-state index < -0.39 is 5.54 Å². The number of nitrogens with two attached hydrogens (primary N) is 1. The maximum atomic E-state index is 12.0. The molecule has 1 aliphatic heterocycles. The molecule has 82 valence electrons. The summed E-state index contributed by atoms with van der Waals surface area (Å²) in [5, 5.41) is 1.96. The van der Waals surface area contributed by atoms with Gasteiger partial charge in [0.25, 0.3) is 0 Å². The van der Waals surface area contributed by atoms with Gasteiger partial charge in [-0.3, -0.25) is 4.79 Å². The van der Waals surface area contributed by atoms with Crippen LogP contribution in [0.5, 0.6) is 0 Å². The van der Waals surface area contributed by atoms with Crippen molar-refractivity contribution in [3.05, 3.63) is 20.8 Å². The first-order valence-corrected chi connectivity index (χ1v) is 6.41.